The predicted molar refractivity (Wildman–Crippen MR) is 114 cm³/mol. The molecule has 1 atom stereocenters. The first-order valence-electron chi connectivity index (χ1n) is 9.98. The number of halogens is 2. The molecule has 1 fully saturated rings. The van der Waals surface area contributed by atoms with Crippen molar-refractivity contribution in [1.29, 1.82) is 0 Å². The molecule has 0 spiro atoms. The second-order valence-electron chi connectivity index (χ2n) is 7.24. The van der Waals surface area contributed by atoms with E-state index in [-0.39, 0.29) is 11.1 Å². The lowest BCUT2D eigenvalue weighted by molar-refractivity contribution is -0.895. The third-order valence-corrected chi connectivity index (χ3v) is 6.06. The van der Waals surface area contributed by atoms with Crippen molar-refractivity contribution in [2.75, 3.05) is 26.2 Å². The number of hydrogen-bond donors (Lipinski definition) is 1. The van der Waals surface area contributed by atoms with Crippen molar-refractivity contribution in [3.8, 4) is 0 Å². The van der Waals surface area contributed by atoms with Crippen LogP contribution in [0, 0.1) is 5.82 Å². The van der Waals surface area contributed by atoms with E-state index < -0.39 is 29.3 Å². The quantitative estimate of drug-likeness (QED) is 0.377. The van der Waals surface area contributed by atoms with Crippen LogP contribution >= 0.6 is 15.9 Å². The molecule has 1 saturated heterocycles. The van der Waals surface area contributed by atoms with E-state index >= 15 is 0 Å². The monoisotopic (exact) mass is 474 g/mol. The zero-order valence-corrected chi connectivity index (χ0v) is 18.5. The number of rotatable bonds is 7. The Morgan fingerprint density at radius 3 is 2.23 bits per heavy atom. The molecule has 7 heteroatoms. The van der Waals surface area contributed by atoms with Gasteiger partial charge in [0.2, 0.25) is 5.78 Å². The maximum atomic E-state index is 13.3. The van der Waals surface area contributed by atoms with Crippen LogP contribution in [-0.4, -0.2) is 42.8 Å². The summed E-state index contributed by atoms with van der Waals surface area (Å²) in [5.41, 5.74) is 0.798. The summed E-state index contributed by atoms with van der Waals surface area (Å²) >= 11 is 3.39. The maximum Gasteiger partial charge on any atom is 0.295 e. The van der Waals surface area contributed by atoms with Crippen LogP contribution in [0.15, 0.2) is 58.6 Å². The summed E-state index contributed by atoms with van der Waals surface area (Å²) in [7, 11) is 0. The molecule has 1 aliphatic rings. The molecule has 5 nitrogen and oxygen atoms in total. The molecule has 1 amide bonds. The van der Waals surface area contributed by atoms with E-state index in [2.05, 4.69) is 29.8 Å². The summed E-state index contributed by atoms with van der Waals surface area (Å²) in [6.45, 7) is 6.98. The van der Waals surface area contributed by atoms with Crippen LogP contribution in [0.5, 0.6) is 0 Å². The molecule has 30 heavy (non-hydrogen) atoms. The van der Waals surface area contributed by atoms with E-state index in [0.717, 1.165) is 17.6 Å². The molecule has 2 aromatic rings. The van der Waals surface area contributed by atoms with E-state index in [4.69, 9.17) is 0 Å². The van der Waals surface area contributed by atoms with Gasteiger partial charge in [-0.25, -0.2) is 4.39 Å². The normalized spacial score (nSPS) is 18.4. The van der Waals surface area contributed by atoms with Crippen LogP contribution < -0.4 is 10.0 Å². The predicted octanol–water partition coefficient (Wildman–Crippen LogP) is 1.74. The second kappa shape index (κ2) is 9.53. The highest BCUT2D eigenvalue weighted by atomic mass is 79.9. The summed E-state index contributed by atoms with van der Waals surface area (Å²) in [6.07, 6.45) is 0. The highest BCUT2D eigenvalue weighted by Crippen LogP contribution is 2.38. The van der Waals surface area contributed by atoms with Gasteiger partial charge in [-0.1, -0.05) is 46.0 Å². The van der Waals surface area contributed by atoms with Crippen LogP contribution in [-0.2, 0) is 9.59 Å². The maximum absolute atomic E-state index is 13.3. The SMILES string of the molecule is CC[NH+](CC)CCN1C(=O)C(=O)C(=C([O-])c2ccc(F)cc2)C1c1ccc(Br)cc1. The molecule has 1 heterocycles. The van der Waals surface area contributed by atoms with E-state index in [1.54, 1.807) is 12.1 Å². The van der Waals surface area contributed by atoms with Crippen LogP contribution in [0.4, 0.5) is 4.39 Å². The van der Waals surface area contributed by atoms with E-state index in [1.807, 2.05) is 12.1 Å². The minimum atomic E-state index is -0.785. The van der Waals surface area contributed by atoms with Gasteiger partial charge in [0.05, 0.1) is 32.2 Å². The fourth-order valence-corrected chi connectivity index (χ4v) is 4.00. The molecule has 1 aliphatic heterocycles. The number of likely N-dealkylation sites (N-methyl/N-ethyl adjacent to an activating group) is 1. The molecule has 1 N–H and O–H groups in total. The lowest BCUT2D eigenvalue weighted by Gasteiger charge is -2.28. The van der Waals surface area contributed by atoms with Crippen molar-refractivity contribution in [3.63, 3.8) is 0 Å². The van der Waals surface area contributed by atoms with Crippen molar-refractivity contribution >= 4 is 33.4 Å². The number of hydrogen-bond acceptors (Lipinski definition) is 3. The Morgan fingerprint density at radius 2 is 1.67 bits per heavy atom. The number of carbonyl (C=O) groups excluding carboxylic acids is 2. The van der Waals surface area contributed by atoms with Gasteiger partial charge in [0.15, 0.2) is 0 Å². The van der Waals surface area contributed by atoms with Crippen LogP contribution in [0.2, 0.25) is 0 Å². The molecule has 0 radical (unpaired) electrons. The molecule has 3 rings (SSSR count). The van der Waals surface area contributed by atoms with Crippen LogP contribution in [0.1, 0.15) is 31.0 Å². The van der Waals surface area contributed by atoms with E-state index in [9.17, 15) is 19.1 Å². The Morgan fingerprint density at radius 1 is 1.07 bits per heavy atom. The Kier molecular flexibility index (Phi) is 7.05. The second-order valence-corrected chi connectivity index (χ2v) is 8.15. The Labute approximate surface area is 183 Å². The smallest absolute Gasteiger partial charge is 0.295 e. The number of ketones is 1. The first-order valence-corrected chi connectivity index (χ1v) is 10.8. The number of nitrogens with zero attached hydrogens (tertiary/aromatic N) is 1. The minimum Gasteiger partial charge on any atom is -0.872 e. The fourth-order valence-electron chi connectivity index (χ4n) is 3.73. The largest absolute Gasteiger partial charge is 0.872 e. The van der Waals surface area contributed by atoms with Gasteiger partial charge in [-0.2, -0.15) is 0 Å². The van der Waals surface area contributed by atoms with Crippen molar-refractivity contribution in [2.45, 2.75) is 19.9 Å². The van der Waals surface area contributed by atoms with Gasteiger partial charge in [-0.3, -0.25) is 9.59 Å². The summed E-state index contributed by atoms with van der Waals surface area (Å²) in [5, 5.41) is 13.2. The molecule has 2 aromatic carbocycles. The molecule has 0 aliphatic carbocycles. The number of benzene rings is 2. The number of carbonyl (C=O) groups is 2. The lowest BCUT2D eigenvalue weighted by atomic mass is 9.95. The zero-order valence-electron chi connectivity index (χ0n) is 17.0. The molecular formula is C23H24BrFN2O3. The Bertz CT molecular complexity index is 953. The van der Waals surface area contributed by atoms with Crippen molar-refractivity contribution in [1.82, 2.24) is 4.90 Å². The van der Waals surface area contributed by atoms with Gasteiger partial charge >= 0.3 is 0 Å². The minimum absolute atomic E-state index is 0.0801. The third kappa shape index (κ3) is 4.47. The van der Waals surface area contributed by atoms with Gasteiger partial charge in [0.25, 0.3) is 5.91 Å². The molecule has 0 aromatic heterocycles. The molecule has 0 bridgehead atoms. The van der Waals surface area contributed by atoms with Crippen molar-refractivity contribution < 1.29 is 24.0 Å². The summed E-state index contributed by atoms with van der Waals surface area (Å²) in [6, 6.07) is 11.5. The third-order valence-electron chi connectivity index (χ3n) is 5.53. The highest BCUT2D eigenvalue weighted by molar-refractivity contribution is 9.10. The van der Waals surface area contributed by atoms with Gasteiger partial charge < -0.3 is 14.9 Å². The first kappa shape index (κ1) is 22.2. The number of amides is 1. The zero-order chi connectivity index (χ0) is 21.8. The van der Waals surface area contributed by atoms with Gasteiger partial charge in [0, 0.05) is 10.0 Å². The Balaban J connectivity index is 2.08. The number of quaternary nitrogens is 1. The number of Topliss-reactive ketones (excluding diaryl/α,β-unsaturated/α-hetero) is 1. The fraction of sp³-hybridized carbons (Fsp3) is 0.304. The summed E-state index contributed by atoms with van der Waals surface area (Å²) in [5.74, 6) is -2.47. The number of nitrogens with one attached hydrogen (secondary N) is 1. The average Bonchev–Trinajstić information content (AvgIpc) is 3.00. The summed E-state index contributed by atoms with van der Waals surface area (Å²) in [4.78, 5) is 28.6. The van der Waals surface area contributed by atoms with E-state index in [1.165, 1.54) is 34.1 Å². The van der Waals surface area contributed by atoms with Gasteiger partial charge in [-0.05, 0) is 49.2 Å². The molecule has 0 saturated carbocycles. The van der Waals surface area contributed by atoms with Crippen LogP contribution in [0.3, 0.4) is 0 Å². The highest BCUT2D eigenvalue weighted by Gasteiger charge is 2.44. The topological polar surface area (TPSA) is 64.9 Å². The molecule has 1 unspecified atom stereocenters. The molecule has 158 valence electrons. The van der Waals surface area contributed by atoms with Crippen molar-refractivity contribution in [2.24, 2.45) is 0 Å². The van der Waals surface area contributed by atoms with Crippen LogP contribution in [0.25, 0.3) is 5.76 Å². The lowest BCUT2D eigenvalue weighted by Crippen LogP contribution is -3.12. The standard InChI is InChI=1S/C23H24BrFN2O3/c1-3-26(4-2)13-14-27-20(15-5-9-17(24)10-6-15)19(22(29)23(27)30)21(28)16-7-11-18(25)12-8-16/h5-12,20,28H,3-4,13-14H2,1-2H3. The van der Waals surface area contributed by atoms with E-state index in [0.29, 0.717) is 18.7 Å². The number of likely N-dealkylation sites (tertiary alicyclic amines) is 1. The average molecular weight is 475 g/mol. The first-order chi connectivity index (χ1) is 14.4. The molecular weight excluding hydrogens is 451 g/mol. The van der Waals surface area contributed by atoms with Gasteiger partial charge in [-0.15, -0.1) is 0 Å². The van der Waals surface area contributed by atoms with Crippen molar-refractivity contribution in [3.05, 3.63) is 75.5 Å². The Hall–Kier alpha value is -2.51. The van der Waals surface area contributed by atoms with Gasteiger partial charge in [0.1, 0.15) is 5.82 Å². The summed E-state index contributed by atoms with van der Waals surface area (Å²) < 4.78 is 14.2.